The van der Waals surface area contributed by atoms with Crippen LogP contribution in [-0.2, 0) is 16.0 Å². The fourth-order valence-electron chi connectivity index (χ4n) is 4.75. The van der Waals surface area contributed by atoms with Crippen molar-refractivity contribution in [2.24, 2.45) is 5.92 Å². The van der Waals surface area contributed by atoms with Crippen LogP contribution in [-0.4, -0.2) is 22.6 Å². The normalized spacial score (nSPS) is 21.7. The highest BCUT2D eigenvalue weighted by molar-refractivity contribution is 5.78. The molecule has 0 saturated carbocycles. The molecular formula is C25H34O5. The van der Waals surface area contributed by atoms with Gasteiger partial charge in [-0.05, 0) is 64.2 Å². The number of carboxylic acid groups (broad SMARTS) is 1. The molecule has 0 fully saturated rings. The van der Waals surface area contributed by atoms with E-state index < -0.39 is 11.9 Å². The number of carbonyl (C=O) groups excluding carboxylic acids is 1. The average Bonchev–Trinajstić information content (AvgIpc) is 2.65. The van der Waals surface area contributed by atoms with E-state index in [1.165, 1.54) is 5.57 Å². The topological polar surface area (TPSA) is 72.8 Å². The van der Waals surface area contributed by atoms with Crippen molar-refractivity contribution in [3.63, 3.8) is 0 Å². The zero-order valence-electron chi connectivity index (χ0n) is 18.6. The number of esters is 1. The van der Waals surface area contributed by atoms with E-state index in [1.54, 1.807) is 0 Å². The van der Waals surface area contributed by atoms with Gasteiger partial charge in [0.15, 0.2) is 0 Å². The summed E-state index contributed by atoms with van der Waals surface area (Å²) >= 11 is 0. The Morgan fingerprint density at radius 3 is 2.70 bits per heavy atom. The number of aryl methyl sites for hydroxylation is 1. The lowest BCUT2D eigenvalue weighted by molar-refractivity contribution is -0.142. The van der Waals surface area contributed by atoms with Crippen LogP contribution in [0.5, 0.6) is 11.5 Å². The van der Waals surface area contributed by atoms with Gasteiger partial charge in [-0.2, -0.15) is 0 Å². The number of hydrogen-bond donors (Lipinski definition) is 1. The quantitative estimate of drug-likeness (QED) is 0.252. The van der Waals surface area contributed by atoms with Crippen LogP contribution in [0.1, 0.15) is 89.7 Å². The minimum atomic E-state index is -1.00. The molecule has 0 amide bonds. The summed E-state index contributed by atoms with van der Waals surface area (Å²) in [7, 11) is 0. The van der Waals surface area contributed by atoms with Crippen LogP contribution >= 0.6 is 0 Å². The maximum absolute atomic E-state index is 12.4. The van der Waals surface area contributed by atoms with Crippen LogP contribution in [0, 0.1) is 5.92 Å². The lowest BCUT2D eigenvalue weighted by Gasteiger charge is -2.46. The average molecular weight is 415 g/mol. The Bertz CT molecular complexity index is 836. The molecule has 1 aromatic carbocycles. The van der Waals surface area contributed by atoms with Crippen molar-refractivity contribution in [1.29, 1.82) is 0 Å². The second-order valence-electron chi connectivity index (χ2n) is 9.22. The minimum Gasteiger partial charge on any atom is -0.487 e. The fraction of sp³-hybridized carbons (Fsp3) is 0.600. The van der Waals surface area contributed by atoms with Crippen LogP contribution in [0.4, 0.5) is 0 Å². The number of carboxylic acids is 1. The molecule has 1 aliphatic heterocycles. The molecule has 3 rings (SSSR count). The summed E-state index contributed by atoms with van der Waals surface area (Å²) in [5.74, 6) is 0.245. The second-order valence-corrected chi connectivity index (χ2v) is 9.22. The first-order valence-corrected chi connectivity index (χ1v) is 11.2. The summed E-state index contributed by atoms with van der Waals surface area (Å²) in [4.78, 5) is 23.2. The molecule has 1 unspecified atom stereocenters. The third-order valence-electron chi connectivity index (χ3n) is 6.35. The van der Waals surface area contributed by atoms with Gasteiger partial charge in [0.2, 0.25) is 0 Å². The van der Waals surface area contributed by atoms with E-state index in [-0.39, 0.29) is 24.4 Å². The molecule has 30 heavy (non-hydrogen) atoms. The van der Waals surface area contributed by atoms with Gasteiger partial charge in [-0.3, -0.25) is 9.59 Å². The summed E-state index contributed by atoms with van der Waals surface area (Å²) in [5, 5.41) is 8.89. The summed E-state index contributed by atoms with van der Waals surface area (Å²) < 4.78 is 12.2. The van der Waals surface area contributed by atoms with Gasteiger partial charge in [0.25, 0.3) is 0 Å². The summed E-state index contributed by atoms with van der Waals surface area (Å²) in [6.45, 7) is 8.61. The van der Waals surface area contributed by atoms with Gasteiger partial charge in [0.1, 0.15) is 17.1 Å². The van der Waals surface area contributed by atoms with E-state index >= 15 is 0 Å². The Morgan fingerprint density at radius 1 is 1.23 bits per heavy atom. The fourth-order valence-corrected chi connectivity index (χ4v) is 4.75. The predicted octanol–water partition coefficient (Wildman–Crippen LogP) is 5.80. The van der Waals surface area contributed by atoms with Gasteiger partial charge in [0, 0.05) is 17.4 Å². The van der Waals surface area contributed by atoms with E-state index in [9.17, 15) is 9.59 Å². The summed E-state index contributed by atoms with van der Waals surface area (Å²) in [5.41, 5.74) is 3.06. The van der Waals surface area contributed by atoms with E-state index in [4.69, 9.17) is 14.6 Å². The number of unbranched alkanes of at least 4 members (excludes halogenated alkanes) is 2. The lowest BCUT2D eigenvalue weighted by atomic mass is 9.68. The van der Waals surface area contributed by atoms with Gasteiger partial charge in [-0.1, -0.05) is 31.4 Å². The Kier molecular flexibility index (Phi) is 6.89. The molecule has 5 heteroatoms. The zero-order valence-corrected chi connectivity index (χ0v) is 18.6. The molecule has 1 aliphatic carbocycles. The first-order chi connectivity index (χ1) is 14.2. The van der Waals surface area contributed by atoms with Crippen molar-refractivity contribution in [3.05, 3.63) is 34.9 Å². The molecule has 2 atom stereocenters. The molecule has 1 N–H and O–H groups in total. The molecule has 1 heterocycles. The number of carbonyl (C=O) groups is 2. The Labute approximate surface area is 179 Å². The van der Waals surface area contributed by atoms with Crippen molar-refractivity contribution in [2.75, 3.05) is 0 Å². The highest BCUT2D eigenvalue weighted by Crippen LogP contribution is 2.53. The monoisotopic (exact) mass is 414 g/mol. The van der Waals surface area contributed by atoms with E-state index in [0.29, 0.717) is 11.7 Å². The summed E-state index contributed by atoms with van der Waals surface area (Å²) in [6, 6.07) is 4.07. The molecule has 0 radical (unpaired) electrons. The van der Waals surface area contributed by atoms with Crippen molar-refractivity contribution >= 4 is 11.9 Å². The molecule has 1 aromatic rings. The highest BCUT2D eigenvalue weighted by atomic mass is 16.5. The third-order valence-corrected chi connectivity index (χ3v) is 6.35. The predicted molar refractivity (Wildman–Crippen MR) is 116 cm³/mol. The van der Waals surface area contributed by atoms with Crippen LogP contribution in [0.25, 0.3) is 0 Å². The molecule has 164 valence electrons. The first-order valence-electron chi connectivity index (χ1n) is 11.2. The molecule has 0 bridgehead atoms. The minimum absolute atomic E-state index is 0.129. The third kappa shape index (κ3) is 5.05. The largest absolute Gasteiger partial charge is 0.487 e. The molecule has 0 spiro atoms. The standard InChI is InChI=1S/C25H34O5/c1-5-6-7-8-17-14-20(29-23(28)12-11-22(26)27)24-18-13-16(2)9-10-19(18)25(3,4)30-21(24)15-17/h13-15,18-19H,5-12H2,1-4H3,(H,26,27)/t18?,19-/m1/s1. The van der Waals surface area contributed by atoms with Gasteiger partial charge < -0.3 is 14.6 Å². The van der Waals surface area contributed by atoms with Crippen LogP contribution in [0.15, 0.2) is 23.8 Å². The molecule has 2 aliphatic rings. The van der Waals surface area contributed by atoms with Crippen molar-refractivity contribution in [3.8, 4) is 11.5 Å². The Hall–Kier alpha value is -2.30. The number of hydrogen-bond acceptors (Lipinski definition) is 4. The van der Waals surface area contributed by atoms with E-state index in [2.05, 4.69) is 39.8 Å². The van der Waals surface area contributed by atoms with Crippen LogP contribution in [0.3, 0.4) is 0 Å². The number of allylic oxidation sites excluding steroid dienone is 2. The smallest absolute Gasteiger partial charge is 0.311 e. The highest BCUT2D eigenvalue weighted by Gasteiger charge is 2.45. The number of benzene rings is 1. The maximum atomic E-state index is 12.4. The van der Waals surface area contributed by atoms with Gasteiger partial charge >= 0.3 is 11.9 Å². The number of ether oxygens (including phenoxy) is 2. The number of fused-ring (bicyclic) bond motifs is 3. The second kappa shape index (κ2) is 9.23. The molecule has 5 nitrogen and oxygen atoms in total. The SMILES string of the molecule is CCCCCc1cc(OC(=O)CCC(=O)O)c2c(c1)OC(C)(C)[C@@H]1CCC(C)=CC21. The Balaban J connectivity index is 2.01. The van der Waals surface area contributed by atoms with Gasteiger partial charge in [0.05, 0.1) is 12.8 Å². The van der Waals surface area contributed by atoms with Gasteiger partial charge in [-0.25, -0.2) is 0 Å². The zero-order chi connectivity index (χ0) is 21.9. The maximum Gasteiger partial charge on any atom is 0.311 e. The van der Waals surface area contributed by atoms with Crippen LogP contribution < -0.4 is 9.47 Å². The van der Waals surface area contributed by atoms with Gasteiger partial charge in [-0.15, -0.1) is 0 Å². The van der Waals surface area contributed by atoms with Crippen molar-refractivity contribution < 1.29 is 24.2 Å². The molecule has 0 saturated heterocycles. The number of rotatable bonds is 8. The molecule has 0 aromatic heterocycles. The van der Waals surface area contributed by atoms with Crippen LogP contribution in [0.2, 0.25) is 0 Å². The molecular weight excluding hydrogens is 380 g/mol. The number of aliphatic carboxylic acids is 1. The lowest BCUT2D eigenvalue weighted by Crippen LogP contribution is -2.45. The van der Waals surface area contributed by atoms with E-state index in [0.717, 1.165) is 55.4 Å². The van der Waals surface area contributed by atoms with Crippen molar-refractivity contribution in [1.82, 2.24) is 0 Å². The van der Waals surface area contributed by atoms with E-state index in [1.807, 2.05) is 6.07 Å². The summed E-state index contributed by atoms with van der Waals surface area (Å²) in [6.07, 6.45) is 8.25. The Morgan fingerprint density at radius 2 is 2.00 bits per heavy atom. The first kappa shape index (κ1) is 22.4. The van der Waals surface area contributed by atoms with Crippen molar-refractivity contribution in [2.45, 2.75) is 90.6 Å².